The molecule has 0 aliphatic carbocycles. The minimum absolute atomic E-state index is 0.230. The molecule has 0 aliphatic heterocycles. The summed E-state index contributed by atoms with van der Waals surface area (Å²) in [5, 5.41) is 7.38. The van der Waals surface area contributed by atoms with Crippen molar-refractivity contribution < 1.29 is 0 Å². The number of para-hydroxylation sites is 1. The fourth-order valence-electron chi connectivity index (χ4n) is 1.82. The summed E-state index contributed by atoms with van der Waals surface area (Å²) in [5.41, 5.74) is 6.63. The number of nitrogens with two attached hydrogens (primary N) is 1. The van der Waals surface area contributed by atoms with Crippen LogP contribution in [0.25, 0.3) is 0 Å². The van der Waals surface area contributed by atoms with E-state index < -0.39 is 0 Å². The van der Waals surface area contributed by atoms with Crippen LogP contribution >= 0.6 is 27.3 Å². The van der Waals surface area contributed by atoms with Crippen molar-refractivity contribution in [1.29, 1.82) is 5.41 Å². The molecule has 0 saturated carbocycles. The van der Waals surface area contributed by atoms with Crippen molar-refractivity contribution in [2.45, 2.75) is 13.0 Å². The second-order valence-electron chi connectivity index (χ2n) is 4.24. The fraction of sp³-hybridized carbons (Fsp3) is 0.214. The minimum atomic E-state index is 0.230. The third-order valence-electron chi connectivity index (χ3n) is 2.75. The van der Waals surface area contributed by atoms with E-state index in [2.05, 4.69) is 45.1 Å². The summed E-state index contributed by atoms with van der Waals surface area (Å²) in [6.45, 7) is 1.60. The van der Waals surface area contributed by atoms with Crippen LogP contribution in [0, 0.1) is 5.41 Å². The molecular weight excluding hydrogens is 322 g/mol. The maximum absolute atomic E-state index is 7.38. The molecule has 0 fully saturated rings. The molecule has 3 N–H and O–H groups in total. The zero-order chi connectivity index (χ0) is 13.7. The summed E-state index contributed by atoms with van der Waals surface area (Å²) in [4.78, 5) is 3.54. The monoisotopic (exact) mass is 337 g/mol. The number of hydrogen-bond acceptors (Lipinski definition) is 3. The van der Waals surface area contributed by atoms with Gasteiger partial charge < -0.3 is 10.6 Å². The van der Waals surface area contributed by atoms with Crippen LogP contribution in [0.1, 0.15) is 11.3 Å². The summed E-state index contributed by atoms with van der Waals surface area (Å²) in [5.74, 6) is 0.230. The second-order valence-corrected chi connectivity index (χ2v) is 6.79. The molecule has 2 rings (SSSR count). The first kappa shape index (κ1) is 14.1. The summed E-state index contributed by atoms with van der Waals surface area (Å²) >= 11 is 5.22. The molecule has 1 heterocycles. The van der Waals surface area contributed by atoms with Gasteiger partial charge in [-0.05, 0) is 40.2 Å². The predicted octanol–water partition coefficient (Wildman–Crippen LogP) is 3.84. The van der Waals surface area contributed by atoms with Gasteiger partial charge in [-0.15, -0.1) is 11.3 Å². The molecule has 0 amide bonds. The maximum Gasteiger partial charge on any atom is 0.0923 e. The molecule has 0 spiro atoms. The first-order valence-corrected chi connectivity index (χ1v) is 7.63. The largest absolute Gasteiger partial charge is 0.388 e. The van der Waals surface area contributed by atoms with Gasteiger partial charge in [-0.1, -0.05) is 18.2 Å². The third kappa shape index (κ3) is 4.36. The lowest BCUT2D eigenvalue weighted by atomic mass is 10.2. The predicted molar refractivity (Wildman–Crippen MR) is 86.0 cm³/mol. The Balaban J connectivity index is 2.12. The lowest BCUT2D eigenvalue weighted by molar-refractivity contribution is 0.810. The van der Waals surface area contributed by atoms with Gasteiger partial charge in [0.25, 0.3) is 0 Å². The van der Waals surface area contributed by atoms with Gasteiger partial charge in [-0.25, -0.2) is 0 Å². The topological polar surface area (TPSA) is 53.1 Å². The molecule has 19 heavy (non-hydrogen) atoms. The number of benzene rings is 1. The Morgan fingerprint density at radius 1 is 1.21 bits per heavy atom. The Morgan fingerprint density at radius 3 is 2.53 bits per heavy atom. The van der Waals surface area contributed by atoms with E-state index in [1.165, 1.54) is 4.88 Å². The highest BCUT2D eigenvalue weighted by atomic mass is 79.9. The number of anilines is 1. The maximum atomic E-state index is 7.38. The van der Waals surface area contributed by atoms with Crippen LogP contribution in [0.4, 0.5) is 5.69 Å². The van der Waals surface area contributed by atoms with Gasteiger partial charge in [0.1, 0.15) is 0 Å². The lowest BCUT2D eigenvalue weighted by Crippen LogP contribution is -2.27. The van der Waals surface area contributed by atoms with E-state index in [4.69, 9.17) is 11.1 Å². The quantitative estimate of drug-likeness (QED) is 0.621. The number of amidine groups is 1. The Hall–Kier alpha value is -1.33. The molecule has 1 aromatic carbocycles. The van der Waals surface area contributed by atoms with E-state index >= 15 is 0 Å². The highest BCUT2D eigenvalue weighted by Crippen LogP contribution is 2.25. The summed E-state index contributed by atoms with van der Waals surface area (Å²) < 4.78 is 1.14. The van der Waals surface area contributed by atoms with Crippen molar-refractivity contribution in [2.75, 3.05) is 11.4 Å². The smallest absolute Gasteiger partial charge is 0.0923 e. The van der Waals surface area contributed by atoms with Crippen LogP contribution in [0.3, 0.4) is 0 Å². The van der Waals surface area contributed by atoms with E-state index in [1.807, 2.05) is 18.2 Å². The summed E-state index contributed by atoms with van der Waals surface area (Å²) in [7, 11) is 0. The summed E-state index contributed by atoms with van der Waals surface area (Å²) in [6, 6.07) is 14.4. The molecule has 0 unspecified atom stereocenters. The minimum Gasteiger partial charge on any atom is -0.388 e. The molecule has 0 bridgehead atoms. The number of nitrogens with zero attached hydrogens (tertiary/aromatic N) is 1. The van der Waals surface area contributed by atoms with Crippen LogP contribution in [0.5, 0.6) is 0 Å². The molecule has 0 saturated heterocycles. The van der Waals surface area contributed by atoms with Gasteiger partial charge in [-0.3, -0.25) is 5.41 Å². The van der Waals surface area contributed by atoms with Gasteiger partial charge in [0.05, 0.1) is 16.2 Å². The van der Waals surface area contributed by atoms with Crippen molar-refractivity contribution in [1.82, 2.24) is 0 Å². The third-order valence-corrected chi connectivity index (χ3v) is 4.36. The van der Waals surface area contributed by atoms with Crippen molar-refractivity contribution in [3.8, 4) is 0 Å². The van der Waals surface area contributed by atoms with E-state index in [0.717, 1.165) is 22.6 Å². The molecule has 0 radical (unpaired) electrons. The first-order chi connectivity index (χ1) is 9.15. The van der Waals surface area contributed by atoms with Crippen molar-refractivity contribution >= 4 is 38.8 Å². The first-order valence-electron chi connectivity index (χ1n) is 6.02. The number of halogens is 1. The zero-order valence-electron chi connectivity index (χ0n) is 10.5. The molecule has 3 nitrogen and oxygen atoms in total. The number of hydrogen-bond donors (Lipinski definition) is 2. The second kappa shape index (κ2) is 6.73. The standard InChI is InChI=1S/C14H16BrN3S/c15-13-7-6-12(19-13)10-18(9-8-14(16)17)11-4-2-1-3-5-11/h1-7H,8-10H2,(H3,16,17). The summed E-state index contributed by atoms with van der Waals surface area (Å²) in [6.07, 6.45) is 0.585. The van der Waals surface area contributed by atoms with E-state index in [1.54, 1.807) is 11.3 Å². The Morgan fingerprint density at radius 2 is 1.95 bits per heavy atom. The van der Waals surface area contributed by atoms with E-state index in [0.29, 0.717) is 6.42 Å². The lowest BCUT2D eigenvalue weighted by Gasteiger charge is -2.24. The Kier molecular flexibility index (Phi) is 4.99. The van der Waals surface area contributed by atoms with Crippen LogP contribution in [-0.4, -0.2) is 12.4 Å². The van der Waals surface area contributed by atoms with Crippen molar-refractivity contribution in [3.05, 3.63) is 51.1 Å². The molecular formula is C14H16BrN3S. The average Bonchev–Trinajstić information content (AvgIpc) is 2.81. The van der Waals surface area contributed by atoms with Crippen molar-refractivity contribution in [3.63, 3.8) is 0 Å². The molecule has 100 valence electrons. The SMILES string of the molecule is N=C(N)CCN(Cc1ccc(Br)s1)c1ccccc1. The van der Waals surface area contributed by atoms with Crippen LogP contribution in [-0.2, 0) is 6.54 Å². The van der Waals surface area contributed by atoms with E-state index in [9.17, 15) is 0 Å². The normalized spacial score (nSPS) is 10.4. The molecule has 5 heteroatoms. The van der Waals surface area contributed by atoms with Crippen LogP contribution in [0.2, 0.25) is 0 Å². The molecule has 0 aliphatic rings. The molecule has 0 atom stereocenters. The Labute approximate surface area is 125 Å². The number of thiophene rings is 1. The van der Waals surface area contributed by atoms with Gasteiger partial charge >= 0.3 is 0 Å². The molecule has 2 aromatic rings. The fourth-order valence-corrected chi connectivity index (χ4v) is 3.32. The van der Waals surface area contributed by atoms with Gasteiger partial charge in [0.15, 0.2) is 0 Å². The highest BCUT2D eigenvalue weighted by Gasteiger charge is 2.09. The average molecular weight is 338 g/mol. The Bertz CT molecular complexity index is 539. The highest BCUT2D eigenvalue weighted by molar-refractivity contribution is 9.11. The van der Waals surface area contributed by atoms with Crippen LogP contribution in [0.15, 0.2) is 46.3 Å². The van der Waals surface area contributed by atoms with Gasteiger partial charge in [0.2, 0.25) is 0 Å². The molecule has 1 aromatic heterocycles. The van der Waals surface area contributed by atoms with Gasteiger partial charge in [-0.2, -0.15) is 0 Å². The van der Waals surface area contributed by atoms with Crippen molar-refractivity contribution in [2.24, 2.45) is 5.73 Å². The van der Waals surface area contributed by atoms with Gasteiger partial charge in [0, 0.05) is 23.5 Å². The van der Waals surface area contributed by atoms with E-state index in [-0.39, 0.29) is 5.84 Å². The number of rotatable bonds is 6. The van der Waals surface area contributed by atoms with Crippen LogP contribution < -0.4 is 10.6 Å². The zero-order valence-corrected chi connectivity index (χ0v) is 12.9. The number of nitrogens with one attached hydrogen (secondary N) is 1.